The predicted molar refractivity (Wildman–Crippen MR) is 107 cm³/mol. The van der Waals surface area contributed by atoms with E-state index in [0.29, 0.717) is 11.3 Å². The molecule has 9 heteroatoms. The van der Waals surface area contributed by atoms with Gasteiger partial charge in [-0.25, -0.2) is 14.2 Å². The van der Waals surface area contributed by atoms with E-state index < -0.39 is 47.9 Å². The number of nitrogens with two attached hydrogens (primary N) is 1. The van der Waals surface area contributed by atoms with Crippen LogP contribution < -0.4 is 16.8 Å². The molecule has 3 N–H and O–H groups in total. The molecule has 1 saturated heterocycles. The Labute approximate surface area is 177 Å². The van der Waals surface area contributed by atoms with Gasteiger partial charge >= 0.3 is 5.76 Å². The molecule has 1 aliphatic rings. The molecule has 0 aliphatic carbocycles. The molecule has 1 aliphatic heterocycles. The summed E-state index contributed by atoms with van der Waals surface area (Å²) in [5, 5.41) is 1.57. The molecule has 0 spiro atoms. The van der Waals surface area contributed by atoms with E-state index >= 15 is 4.39 Å². The molecule has 1 fully saturated rings. The number of anilines is 1. The van der Waals surface area contributed by atoms with Crippen molar-refractivity contribution in [1.82, 2.24) is 14.9 Å². The molecular weight excluding hydrogens is 391 g/mol. The average Bonchev–Trinajstić information content (AvgIpc) is 3.16. The third kappa shape index (κ3) is 3.38. The number of aromatic nitrogens is 2. The number of oxazole rings is 1. The number of carbonyl (C=O) groups excluding carboxylic acids is 2. The third-order valence-electron chi connectivity index (χ3n) is 4.72. The van der Waals surface area contributed by atoms with Crippen LogP contribution in [0.1, 0.15) is 36.7 Å². The second-order valence-electron chi connectivity index (χ2n) is 6.64. The smallest absolute Gasteiger partial charge is 0.408 e. The molecule has 1 unspecified atom stereocenters. The van der Waals surface area contributed by atoms with Crippen molar-refractivity contribution in [2.24, 2.45) is 0 Å². The summed E-state index contributed by atoms with van der Waals surface area (Å²) in [6, 6.07) is 2.31. The summed E-state index contributed by atoms with van der Waals surface area (Å²) in [5.41, 5.74) is 8.05. The summed E-state index contributed by atoms with van der Waals surface area (Å²) >= 11 is 0. The van der Waals surface area contributed by atoms with Gasteiger partial charge in [-0.3, -0.25) is 19.5 Å². The van der Waals surface area contributed by atoms with Gasteiger partial charge in [-0.1, -0.05) is 6.07 Å². The minimum Gasteiger partial charge on any atom is -0.408 e. The number of halogens is 1. The largest absolute Gasteiger partial charge is 0.420 e. The van der Waals surface area contributed by atoms with Crippen molar-refractivity contribution in [3.05, 3.63) is 58.0 Å². The molecule has 1 aromatic carbocycles. The number of nitrogens with one attached hydrogen (secondary N) is 1. The van der Waals surface area contributed by atoms with Gasteiger partial charge in [-0.05, 0) is 49.5 Å². The molecule has 1 atom stereocenters. The highest BCUT2D eigenvalue weighted by Crippen LogP contribution is 2.29. The number of imide groups is 1. The summed E-state index contributed by atoms with van der Waals surface area (Å²) in [4.78, 5) is 41.0. The van der Waals surface area contributed by atoms with Crippen LogP contribution in [-0.2, 0) is 9.59 Å². The molecule has 3 heterocycles. The van der Waals surface area contributed by atoms with Crippen molar-refractivity contribution in [3.8, 4) is 22.6 Å². The first-order chi connectivity index (χ1) is 16.1. The van der Waals surface area contributed by atoms with Crippen LogP contribution in [0.3, 0.4) is 0 Å². The van der Waals surface area contributed by atoms with Crippen molar-refractivity contribution in [2.75, 3.05) is 5.73 Å². The van der Waals surface area contributed by atoms with Crippen molar-refractivity contribution >= 4 is 17.6 Å². The number of piperidine rings is 1. The first-order valence-electron chi connectivity index (χ1n) is 11.3. The number of pyridine rings is 1. The van der Waals surface area contributed by atoms with Gasteiger partial charge in [0.15, 0.2) is 5.76 Å². The molecule has 154 valence electrons. The van der Waals surface area contributed by atoms with Gasteiger partial charge in [-0.2, -0.15) is 0 Å². The highest BCUT2D eigenvalue weighted by atomic mass is 19.1. The van der Waals surface area contributed by atoms with Crippen LogP contribution in [0, 0.1) is 19.7 Å². The Kier molecular flexibility index (Phi) is 3.45. The van der Waals surface area contributed by atoms with Crippen molar-refractivity contribution in [3.63, 3.8) is 0 Å². The number of benzene rings is 1. The monoisotopic (exact) mass is 415 g/mol. The fourth-order valence-corrected chi connectivity index (χ4v) is 2.94. The van der Waals surface area contributed by atoms with E-state index in [9.17, 15) is 14.4 Å². The Morgan fingerprint density at radius 1 is 1.33 bits per heavy atom. The van der Waals surface area contributed by atoms with Crippen LogP contribution in [0.4, 0.5) is 10.2 Å². The van der Waals surface area contributed by atoms with E-state index in [4.69, 9.17) is 17.0 Å². The van der Waals surface area contributed by atoms with E-state index in [1.165, 1.54) is 12.1 Å². The van der Waals surface area contributed by atoms with Crippen LogP contribution >= 0.6 is 0 Å². The number of hydrogen-bond acceptors (Lipinski definition) is 6. The molecule has 0 saturated carbocycles. The van der Waals surface area contributed by atoms with E-state index in [1.807, 2.05) is 6.92 Å². The molecule has 3 aromatic rings. The van der Waals surface area contributed by atoms with Crippen molar-refractivity contribution in [1.29, 1.82) is 0 Å². The fraction of sp³-hybridized carbons (Fsp3) is 0.238. The first kappa shape index (κ1) is 14.3. The molecular formula is C21H19FN4O4. The minimum atomic E-state index is -3.48. The quantitative estimate of drug-likeness (QED) is 0.634. The number of nitrogen functional groups attached to an aromatic ring is 1. The van der Waals surface area contributed by atoms with E-state index in [2.05, 4.69) is 4.98 Å². The van der Waals surface area contributed by atoms with E-state index in [-0.39, 0.29) is 15.9 Å². The Balaban J connectivity index is 1.80. The van der Waals surface area contributed by atoms with Crippen LogP contribution in [-0.4, -0.2) is 21.4 Å². The number of rotatable bonds is 3. The Morgan fingerprint density at radius 2 is 2.10 bits per heavy atom. The van der Waals surface area contributed by atoms with Crippen LogP contribution in [0.15, 0.2) is 39.7 Å². The Hall–Kier alpha value is -3.75. The maximum Gasteiger partial charge on any atom is 0.420 e. The normalized spacial score (nSPS) is 24.8. The summed E-state index contributed by atoms with van der Waals surface area (Å²) < 4.78 is 60.2. The number of nitrogens with zero attached hydrogens (tertiary/aromatic N) is 2. The minimum absolute atomic E-state index is 0.195. The standard InChI is InChI=1S/C21H19FN4O4/c1-10-7-15(24-19(23)11(10)2)12-3-4-13(14(22)8-12)17-9-26(21(29)30-17)16-5-6-18(27)25-20(16)28/h3-4,7-9,16H,5-6H2,1-2H3,(H2,23,24)(H,25,27,28)/i5D2,6D2,16D. The van der Waals surface area contributed by atoms with Crippen LogP contribution in [0.5, 0.6) is 0 Å². The molecule has 2 amide bonds. The molecule has 0 bridgehead atoms. The number of hydrogen-bond donors (Lipinski definition) is 2. The lowest BCUT2D eigenvalue weighted by atomic mass is 10.0. The zero-order chi connectivity index (χ0) is 26.1. The topological polar surface area (TPSA) is 120 Å². The van der Waals surface area contributed by atoms with Gasteiger partial charge < -0.3 is 10.2 Å². The third-order valence-corrected chi connectivity index (χ3v) is 4.72. The van der Waals surface area contributed by atoms with Crippen molar-refractivity contribution < 1.29 is 25.3 Å². The van der Waals surface area contributed by atoms with E-state index in [0.717, 1.165) is 23.4 Å². The van der Waals surface area contributed by atoms with Gasteiger partial charge in [0.05, 0.1) is 18.8 Å². The number of aryl methyl sites for hydroxylation is 1. The zero-order valence-electron chi connectivity index (χ0n) is 20.9. The molecule has 4 rings (SSSR count). The second kappa shape index (κ2) is 7.25. The summed E-state index contributed by atoms with van der Waals surface area (Å²) in [6.07, 6.45) is -6.10. The summed E-state index contributed by atoms with van der Waals surface area (Å²) in [6.45, 7) is 3.62. The summed E-state index contributed by atoms with van der Waals surface area (Å²) in [5.74, 6) is -5.61. The maximum atomic E-state index is 15.0. The first-order valence-corrected chi connectivity index (χ1v) is 8.75. The average molecular weight is 415 g/mol. The SMILES string of the molecule is [2H]C1([2H])C(=O)NC(=O)C([2H])(n2cc(-c3ccc(-c4cc(C)c(C)c(N)n4)cc3F)oc2=O)C1([2H])[2H]. The van der Waals surface area contributed by atoms with Crippen molar-refractivity contribution in [2.45, 2.75) is 32.6 Å². The van der Waals surface area contributed by atoms with Crippen LogP contribution in [0.25, 0.3) is 22.6 Å². The highest BCUT2D eigenvalue weighted by molar-refractivity contribution is 5.99. The predicted octanol–water partition coefficient (Wildman–Crippen LogP) is 2.49. The Bertz CT molecular complexity index is 1450. The summed E-state index contributed by atoms with van der Waals surface area (Å²) in [7, 11) is 0. The van der Waals surface area contributed by atoms with Gasteiger partial charge in [0.1, 0.15) is 17.7 Å². The Morgan fingerprint density at radius 3 is 2.80 bits per heavy atom. The highest BCUT2D eigenvalue weighted by Gasteiger charge is 2.30. The lowest BCUT2D eigenvalue weighted by Gasteiger charge is -2.20. The van der Waals surface area contributed by atoms with Crippen LogP contribution in [0.2, 0.25) is 0 Å². The molecule has 2 aromatic heterocycles. The number of carbonyl (C=O) groups is 2. The van der Waals surface area contributed by atoms with Gasteiger partial charge in [0.2, 0.25) is 11.8 Å². The maximum absolute atomic E-state index is 15.0. The van der Waals surface area contributed by atoms with Gasteiger partial charge in [0, 0.05) is 17.4 Å². The second-order valence-corrected chi connectivity index (χ2v) is 6.64. The molecule has 8 nitrogen and oxygen atoms in total. The lowest BCUT2D eigenvalue weighted by Crippen LogP contribution is -2.43. The van der Waals surface area contributed by atoms with Gasteiger partial charge in [0.25, 0.3) is 0 Å². The lowest BCUT2D eigenvalue weighted by molar-refractivity contribution is -0.135. The fourth-order valence-electron chi connectivity index (χ4n) is 2.94. The molecule has 30 heavy (non-hydrogen) atoms. The van der Waals surface area contributed by atoms with E-state index in [1.54, 1.807) is 18.3 Å². The number of amides is 2. The van der Waals surface area contributed by atoms with Gasteiger partial charge in [-0.15, -0.1) is 0 Å². The molecule has 0 radical (unpaired) electrons. The zero-order valence-corrected chi connectivity index (χ0v) is 15.9.